The Bertz CT molecular complexity index is 1050. The van der Waals surface area contributed by atoms with Crippen LogP contribution in [0.5, 0.6) is 0 Å². The predicted molar refractivity (Wildman–Crippen MR) is 95.7 cm³/mol. The second-order valence-electron chi connectivity index (χ2n) is 5.10. The average molecular weight is 379 g/mol. The maximum Gasteiger partial charge on any atom is 0.332 e. The highest BCUT2D eigenvalue weighted by atomic mass is 35.5. The standard InChI is InChI=1S/C16H12Cl2N4O3/c1-21-14(20)12(15(24)22(2)16(21)25)13(23)8(7-19)6-9-10(17)4-3-5-11(9)18/h3-6H,20H2,1-2H3/b8-6+. The molecule has 2 rings (SSSR count). The van der Waals surface area contributed by atoms with Gasteiger partial charge in [0.1, 0.15) is 23.0 Å². The van der Waals surface area contributed by atoms with E-state index >= 15 is 0 Å². The molecule has 25 heavy (non-hydrogen) atoms. The molecule has 0 aliphatic rings. The van der Waals surface area contributed by atoms with Crippen LogP contribution >= 0.6 is 23.2 Å². The van der Waals surface area contributed by atoms with Gasteiger partial charge in [0.05, 0.1) is 0 Å². The number of nitrogens with zero attached hydrogens (tertiary/aromatic N) is 3. The Morgan fingerprint density at radius 2 is 1.76 bits per heavy atom. The normalized spacial score (nSPS) is 11.2. The molecule has 0 saturated heterocycles. The molecule has 2 N–H and O–H groups in total. The van der Waals surface area contributed by atoms with Gasteiger partial charge in [-0.2, -0.15) is 5.26 Å². The van der Waals surface area contributed by atoms with Crippen molar-refractivity contribution in [3.05, 3.63) is 65.8 Å². The van der Waals surface area contributed by atoms with E-state index in [1.807, 2.05) is 0 Å². The molecule has 0 spiro atoms. The van der Waals surface area contributed by atoms with Gasteiger partial charge in [-0.25, -0.2) is 4.79 Å². The Labute approximate surface area is 152 Å². The lowest BCUT2D eigenvalue weighted by Crippen LogP contribution is -2.41. The maximum absolute atomic E-state index is 12.7. The van der Waals surface area contributed by atoms with E-state index in [0.29, 0.717) is 0 Å². The third-order valence-corrected chi connectivity index (χ3v) is 4.25. The van der Waals surface area contributed by atoms with Gasteiger partial charge in [0, 0.05) is 29.7 Å². The van der Waals surface area contributed by atoms with Crippen molar-refractivity contribution < 1.29 is 4.79 Å². The summed E-state index contributed by atoms with van der Waals surface area (Å²) in [5, 5.41) is 9.79. The summed E-state index contributed by atoms with van der Waals surface area (Å²) in [7, 11) is 2.52. The number of Topliss-reactive ketones (excluding diaryl/α,β-unsaturated/α-hetero) is 1. The van der Waals surface area contributed by atoms with E-state index in [1.165, 1.54) is 20.2 Å². The number of ketones is 1. The molecule has 0 aliphatic heterocycles. The first-order chi connectivity index (χ1) is 11.7. The fourth-order valence-corrected chi connectivity index (χ4v) is 2.66. The van der Waals surface area contributed by atoms with E-state index in [-0.39, 0.29) is 21.4 Å². The lowest BCUT2D eigenvalue weighted by Gasteiger charge is -2.10. The lowest BCUT2D eigenvalue weighted by molar-refractivity contribution is 0.103. The first-order valence-electron chi connectivity index (χ1n) is 6.86. The van der Waals surface area contributed by atoms with Gasteiger partial charge in [-0.15, -0.1) is 0 Å². The summed E-state index contributed by atoms with van der Waals surface area (Å²) in [5.74, 6) is -1.25. The van der Waals surface area contributed by atoms with Gasteiger partial charge in [0.2, 0.25) is 5.78 Å². The van der Waals surface area contributed by atoms with Crippen LogP contribution in [-0.4, -0.2) is 14.9 Å². The smallest absolute Gasteiger partial charge is 0.332 e. The molecular formula is C16H12Cl2N4O3. The van der Waals surface area contributed by atoms with Gasteiger partial charge in [0.15, 0.2) is 0 Å². The fourth-order valence-electron chi connectivity index (χ4n) is 2.15. The molecule has 1 aromatic heterocycles. The number of halogens is 2. The monoisotopic (exact) mass is 378 g/mol. The number of benzene rings is 1. The fraction of sp³-hybridized carbons (Fsp3) is 0.125. The lowest BCUT2D eigenvalue weighted by atomic mass is 10.0. The number of nitrogen functional groups attached to an aromatic ring is 1. The Morgan fingerprint density at radius 3 is 2.28 bits per heavy atom. The number of nitrogens with two attached hydrogens (primary N) is 1. The van der Waals surface area contributed by atoms with Crippen LogP contribution < -0.4 is 17.0 Å². The van der Waals surface area contributed by atoms with Gasteiger partial charge in [-0.3, -0.25) is 18.7 Å². The number of carbonyl (C=O) groups is 1. The molecule has 0 aliphatic carbocycles. The molecular weight excluding hydrogens is 367 g/mol. The highest BCUT2D eigenvalue weighted by molar-refractivity contribution is 6.37. The summed E-state index contributed by atoms with van der Waals surface area (Å²) < 4.78 is 1.69. The molecule has 0 atom stereocenters. The van der Waals surface area contributed by atoms with E-state index in [1.54, 1.807) is 24.3 Å². The molecule has 9 heteroatoms. The predicted octanol–water partition coefficient (Wildman–Crippen LogP) is 1.76. The number of anilines is 1. The van der Waals surface area contributed by atoms with E-state index in [0.717, 1.165) is 9.13 Å². The summed E-state index contributed by atoms with van der Waals surface area (Å²) in [6, 6.07) is 6.40. The van der Waals surface area contributed by atoms with Gasteiger partial charge < -0.3 is 5.73 Å². The molecule has 0 radical (unpaired) electrons. The zero-order valence-electron chi connectivity index (χ0n) is 13.2. The molecule has 0 fully saturated rings. The van der Waals surface area contributed by atoms with Gasteiger partial charge in [-0.05, 0) is 18.2 Å². The maximum atomic E-state index is 12.7. The summed E-state index contributed by atoms with van der Waals surface area (Å²) >= 11 is 12.1. The summed E-state index contributed by atoms with van der Waals surface area (Å²) in [5.41, 5.74) is 3.56. The topological polar surface area (TPSA) is 111 Å². The molecule has 0 saturated carbocycles. The van der Waals surface area contributed by atoms with Gasteiger partial charge >= 0.3 is 5.69 Å². The summed E-state index contributed by atoms with van der Waals surface area (Å²) in [6.45, 7) is 0. The molecule has 128 valence electrons. The van der Waals surface area contributed by atoms with Crippen molar-refractivity contribution >= 4 is 40.9 Å². The van der Waals surface area contributed by atoms with E-state index in [4.69, 9.17) is 28.9 Å². The number of nitriles is 1. The number of rotatable bonds is 3. The molecule has 2 aromatic rings. The van der Waals surface area contributed by atoms with Crippen LogP contribution in [0.2, 0.25) is 10.0 Å². The van der Waals surface area contributed by atoms with E-state index in [9.17, 15) is 19.6 Å². The first kappa shape index (κ1) is 18.5. The minimum Gasteiger partial charge on any atom is -0.384 e. The molecule has 0 bridgehead atoms. The second-order valence-corrected chi connectivity index (χ2v) is 5.91. The molecule has 1 aromatic carbocycles. The zero-order valence-corrected chi connectivity index (χ0v) is 14.7. The third kappa shape index (κ3) is 3.22. The number of hydrogen-bond acceptors (Lipinski definition) is 5. The van der Waals surface area contributed by atoms with Crippen LogP contribution in [-0.2, 0) is 14.1 Å². The Morgan fingerprint density at radius 1 is 1.20 bits per heavy atom. The summed E-state index contributed by atoms with van der Waals surface area (Å²) in [6.07, 6.45) is 1.18. The van der Waals surface area contributed by atoms with Crippen LogP contribution in [0.15, 0.2) is 33.4 Å². The van der Waals surface area contributed by atoms with E-state index in [2.05, 4.69) is 0 Å². The second kappa shape index (κ2) is 6.97. The molecule has 1 heterocycles. The van der Waals surface area contributed by atoms with Crippen LogP contribution in [0.3, 0.4) is 0 Å². The van der Waals surface area contributed by atoms with Crippen LogP contribution in [0.1, 0.15) is 15.9 Å². The van der Waals surface area contributed by atoms with Crippen LogP contribution in [0, 0.1) is 11.3 Å². The number of allylic oxidation sites excluding steroid dienone is 1. The minimum atomic E-state index is -0.924. The van der Waals surface area contributed by atoms with Crippen molar-refractivity contribution in [2.24, 2.45) is 14.1 Å². The number of hydrogen-bond donors (Lipinski definition) is 1. The third-order valence-electron chi connectivity index (χ3n) is 3.59. The summed E-state index contributed by atoms with van der Waals surface area (Å²) in [4.78, 5) is 36.8. The quantitative estimate of drug-likeness (QED) is 0.496. The van der Waals surface area contributed by atoms with Crippen molar-refractivity contribution in [1.82, 2.24) is 9.13 Å². The highest BCUT2D eigenvalue weighted by Crippen LogP contribution is 2.27. The van der Waals surface area contributed by atoms with Crippen molar-refractivity contribution in [3.8, 4) is 6.07 Å². The van der Waals surface area contributed by atoms with E-state index < -0.39 is 28.2 Å². The molecule has 0 unspecified atom stereocenters. The zero-order chi connectivity index (χ0) is 18.9. The first-order valence-corrected chi connectivity index (χ1v) is 7.62. The van der Waals surface area contributed by atoms with Crippen LogP contribution in [0.25, 0.3) is 6.08 Å². The average Bonchev–Trinajstić information content (AvgIpc) is 2.58. The van der Waals surface area contributed by atoms with Crippen molar-refractivity contribution in [2.45, 2.75) is 0 Å². The van der Waals surface area contributed by atoms with Crippen molar-refractivity contribution in [1.29, 1.82) is 5.26 Å². The SMILES string of the molecule is Cn1c(N)c(C(=O)/C(C#N)=C/c2c(Cl)cccc2Cl)c(=O)n(C)c1=O. The molecule has 0 amide bonds. The van der Waals surface area contributed by atoms with Gasteiger partial charge in [-0.1, -0.05) is 29.3 Å². The van der Waals surface area contributed by atoms with Crippen molar-refractivity contribution in [3.63, 3.8) is 0 Å². The number of carbonyl (C=O) groups excluding carboxylic acids is 1. The number of aromatic nitrogens is 2. The van der Waals surface area contributed by atoms with Crippen molar-refractivity contribution in [2.75, 3.05) is 5.73 Å². The minimum absolute atomic E-state index is 0.231. The Kier molecular flexibility index (Phi) is 5.16. The van der Waals surface area contributed by atoms with Crippen LogP contribution in [0.4, 0.5) is 5.82 Å². The highest BCUT2D eigenvalue weighted by Gasteiger charge is 2.23. The van der Waals surface area contributed by atoms with Gasteiger partial charge in [0.25, 0.3) is 5.56 Å². The molecule has 7 nitrogen and oxygen atoms in total. The Balaban J connectivity index is 2.72. The Hall–Kier alpha value is -2.82. The largest absolute Gasteiger partial charge is 0.384 e.